The summed E-state index contributed by atoms with van der Waals surface area (Å²) in [4.78, 5) is 38.2. The third kappa shape index (κ3) is 8.39. The predicted octanol–water partition coefficient (Wildman–Crippen LogP) is 6.01. The fourth-order valence-corrected chi connectivity index (χ4v) is 6.89. The zero-order valence-corrected chi connectivity index (χ0v) is 29.7. The first-order valence-electron chi connectivity index (χ1n) is 16.7. The summed E-state index contributed by atoms with van der Waals surface area (Å²) in [5.74, 6) is -0.886. The Morgan fingerprint density at radius 2 is 1.82 bits per heavy atom. The van der Waals surface area contributed by atoms with E-state index in [1.165, 1.54) is 25.6 Å². The van der Waals surface area contributed by atoms with E-state index in [0.29, 0.717) is 60.7 Å². The van der Waals surface area contributed by atoms with Crippen molar-refractivity contribution in [3.63, 3.8) is 0 Å². The van der Waals surface area contributed by atoms with Gasteiger partial charge in [0.1, 0.15) is 5.82 Å². The summed E-state index contributed by atoms with van der Waals surface area (Å²) in [5, 5.41) is 12.9. The summed E-state index contributed by atoms with van der Waals surface area (Å²) in [7, 11) is 1.41. The van der Waals surface area contributed by atoms with Crippen LogP contribution in [0.4, 0.5) is 20.3 Å². The van der Waals surface area contributed by atoms with E-state index in [1.54, 1.807) is 37.3 Å². The molecule has 0 bridgehead atoms. The van der Waals surface area contributed by atoms with Gasteiger partial charge >= 0.3 is 0 Å². The maximum absolute atomic E-state index is 15.7. The maximum Gasteiger partial charge on any atom is 0.221 e. The van der Waals surface area contributed by atoms with Crippen molar-refractivity contribution in [2.24, 2.45) is 0 Å². The van der Waals surface area contributed by atoms with Gasteiger partial charge in [-0.05, 0) is 37.5 Å². The van der Waals surface area contributed by atoms with Crippen molar-refractivity contribution in [3.8, 4) is 28.4 Å². The van der Waals surface area contributed by atoms with E-state index in [0.717, 1.165) is 19.3 Å². The number of aromatic nitrogens is 3. The lowest BCUT2D eigenvalue weighted by Gasteiger charge is -2.31. The Morgan fingerprint density at radius 1 is 1.04 bits per heavy atom. The molecular weight excluding hydrogens is 701 g/mol. The summed E-state index contributed by atoms with van der Waals surface area (Å²) < 4.78 is 36.6. The maximum atomic E-state index is 15.7. The van der Waals surface area contributed by atoms with Gasteiger partial charge in [0, 0.05) is 93.3 Å². The van der Waals surface area contributed by atoms with Crippen LogP contribution in [-0.4, -0.2) is 70.5 Å². The van der Waals surface area contributed by atoms with Crippen molar-refractivity contribution in [2.45, 2.75) is 57.8 Å². The molecule has 1 unspecified atom stereocenters. The van der Waals surface area contributed by atoms with Gasteiger partial charge in [0.15, 0.2) is 11.6 Å². The lowest BCUT2D eigenvalue weighted by atomic mass is 10.0. The van der Waals surface area contributed by atoms with Crippen molar-refractivity contribution in [3.05, 3.63) is 81.6 Å². The topological polar surface area (TPSA) is 133 Å². The molecule has 2 saturated heterocycles. The fourth-order valence-electron chi connectivity index (χ4n) is 6.32. The molecule has 2 aliphatic rings. The molecule has 4 aromatic rings. The fraction of sp³-hybridized carbons (Fsp3) is 0.361. The largest absolute Gasteiger partial charge is 0.481 e. The van der Waals surface area contributed by atoms with Gasteiger partial charge in [-0.1, -0.05) is 35.3 Å². The number of hydrogen-bond acceptors (Lipinski definition) is 9. The Bertz CT molecular complexity index is 1930. The van der Waals surface area contributed by atoms with Gasteiger partial charge in [-0.25, -0.2) is 18.7 Å². The van der Waals surface area contributed by atoms with E-state index in [9.17, 15) is 9.59 Å². The highest BCUT2D eigenvalue weighted by Gasteiger charge is 2.24. The van der Waals surface area contributed by atoms with E-state index in [4.69, 9.17) is 27.9 Å². The minimum Gasteiger partial charge on any atom is -0.481 e. The molecule has 11 nitrogen and oxygen atoms in total. The molecule has 2 fully saturated rings. The average Bonchev–Trinajstić information content (AvgIpc) is 3.54. The summed E-state index contributed by atoms with van der Waals surface area (Å²) in [6.45, 7) is 3.84. The van der Waals surface area contributed by atoms with Gasteiger partial charge < -0.3 is 30.9 Å². The number of amides is 2. The van der Waals surface area contributed by atoms with Gasteiger partial charge in [0.25, 0.3) is 0 Å². The van der Waals surface area contributed by atoms with Crippen LogP contribution < -0.4 is 26.0 Å². The van der Waals surface area contributed by atoms with Gasteiger partial charge in [0.2, 0.25) is 17.7 Å². The molecular formula is C36H38Cl2F2N8O3. The van der Waals surface area contributed by atoms with Crippen LogP contribution in [0.25, 0.3) is 22.5 Å². The Kier molecular flexibility index (Phi) is 11.6. The number of rotatable bonds is 12. The van der Waals surface area contributed by atoms with Gasteiger partial charge in [-0.3, -0.25) is 14.6 Å². The molecule has 1 aromatic carbocycles. The molecule has 0 radical (unpaired) electrons. The summed E-state index contributed by atoms with van der Waals surface area (Å²) in [6.07, 6.45) is 5.83. The molecule has 51 heavy (non-hydrogen) atoms. The Labute approximate surface area is 304 Å². The molecule has 2 aliphatic heterocycles. The van der Waals surface area contributed by atoms with Crippen molar-refractivity contribution < 1.29 is 23.1 Å². The lowest BCUT2D eigenvalue weighted by Crippen LogP contribution is -2.44. The number of carbonyl (C=O) groups excluding carboxylic acids is 2. The van der Waals surface area contributed by atoms with Gasteiger partial charge in [-0.2, -0.15) is 0 Å². The van der Waals surface area contributed by atoms with E-state index >= 15 is 8.78 Å². The number of nitrogens with one attached hydrogen (secondary N) is 4. The highest BCUT2D eigenvalue weighted by Crippen LogP contribution is 2.41. The van der Waals surface area contributed by atoms with Crippen LogP contribution >= 0.6 is 23.2 Å². The van der Waals surface area contributed by atoms with Crippen molar-refractivity contribution in [1.82, 2.24) is 35.8 Å². The number of ether oxygens (including phenoxy) is 1. The molecule has 0 aliphatic carbocycles. The summed E-state index contributed by atoms with van der Waals surface area (Å²) in [6, 6.07) is 9.83. The predicted molar refractivity (Wildman–Crippen MR) is 192 cm³/mol. The van der Waals surface area contributed by atoms with Gasteiger partial charge in [0.05, 0.1) is 39.8 Å². The smallest absolute Gasteiger partial charge is 0.221 e. The van der Waals surface area contributed by atoms with E-state index < -0.39 is 11.6 Å². The van der Waals surface area contributed by atoms with Crippen LogP contribution in [0.1, 0.15) is 43.7 Å². The van der Waals surface area contributed by atoms with Crippen LogP contribution in [0.15, 0.2) is 48.8 Å². The second-order valence-electron chi connectivity index (χ2n) is 12.5. The number of likely N-dealkylation sites (tertiary alicyclic amines) is 1. The van der Waals surface area contributed by atoms with E-state index in [-0.39, 0.29) is 63.4 Å². The zero-order valence-electron chi connectivity index (χ0n) is 28.2. The van der Waals surface area contributed by atoms with Crippen LogP contribution in [0.5, 0.6) is 5.88 Å². The number of methoxy groups -OCH3 is 1. The number of carbonyl (C=O) groups is 2. The van der Waals surface area contributed by atoms with E-state index in [1.807, 2.05) is 4.90 Å². The van der Waals surface area contributed by atoms with Crippen molar-refractivity contribution >= 4 is 46.5 Å². The third-order valence-electron chi connectivity index (χ3n) is 9.17. The number of anilines is 2. The minimum atomic E-state index is -0.538. The molecule has 1 atom stereocenters. The number of halogens is 4. The quantitative estimate of drug-likeness (QED) is 0.138. The molecule has 15 heteroatoms. The normalized spacial score (nSPS) is 16.3. The molecule has 3 aromatic heterocycles. The number of nitrogens with zero attached hydrogens (tertiary/aromatic N) is 4. The van der Waals surface area contributed by atoms with E-state index in [2.05, 4.69) is 36.2 Å². The molecule has 0 saturated carbocycles. The zero-order chi connectivity index (χ0) is 36.1. The van der Waals surface area contributed by atoms with Crippen LogP contribution in [0.2, 0.25) is 10.0 Å². The molecule has 0 spiro atoms. The Hall–Kier alpha value is -4.43. The van der Waals surface area contributed by atoms with Crippen molar-refractivity contribution in [1.29, 1.82) is 0 Å². The number of pyridine rings is 3. The standard InChI is InChI=1S/C36H38Cl2F2N8O3/c1-20(49)48-14-10-22(11-15-48)44-17-21-8-12-43-35(33(21)40)46-28-5-3-4-25(31(28)37)34-32(38)24(9-13-42-34)29-16-27(39)26(36(47-29)51-2)19-41-18-23-6-7-30(50)45-23/h3-5,8-9,12-13,16,22-23,41,44H,6-7,10-11,14-15,17-19H2,1-2H3,(H,43,46)(H,45,50). The monoisotopic (exact) mass is 738 g/mol. The molecule has 5 heterocycles. The third-order valence-corrected chi connectivity index (χ3v) is 9.96. The highest BCUT2D eigenvalue weighted by atomic mass is 35.5. The van der Waals surface area contributed by atoms with Gasteiger partial charge in [-0.15, -0.1) is 0 Å². The Balaban J connectivity index is 1.18. The number of benzene rings is 1. The first-order chi connectivity index (χ1) is 24.6. The number of piperidine rings is 1. The summed E-state index contributed by atoms with van der Waals surface area (Å²) in [5.41, 5.74) is 2.47. The average molecular weight is 740 g/mol. The second-order valence-corrected chi connectivity index (χ2v) is 13.3. The first-order valence-corrected chi connectivity index (χ1v) is 17.4. The number of hydrogen-bond donors (Lipinski definition) is 4. The second kappa shape index (κ2) is 16.3. The molecule has 268 valence electrons. The summed E-state index contributed by atoms with van der Waals surface area (Å²) >= 11 is 13.8. The first kappa shape index (κ1) is 36.4. The lowest BCUT2D eigenvalue weighted by molar-refractivity contribution is -0.130. The molecule has 6 rings (SSSR count). The SMILES string of the molecule is COc1nc(-c2ccnc(-c3cccc(Nc4nccc(CNC5CCN(C(C)=O)CC5)c4F)c3Cl)c2Cl)cc(F)c1CNCC1CCC(=O)N1. The molecule has 2 amide bonds. The highest BCUT2D eigenvalue weighted by molar-refractivity contribution is 6.39. The molecule has 4 N–H and O–H groups in total. The van der Waals surface area contributed by atoms with Crippen LogP contribution in [0, 0.1) is 11.6 Å². The van der Waals surface area contributed by atoms with Crippen molar-refractivity contribution in [2.75, 3.05) is 32.1 Å². The minimum absolute atomic E-state index is 0.00176. The Morgan fingerprint density at radius 3 is 2.55 bits per heavy atom. The van der Waals surface area contributed by atoms with Crippen LogP contribution in [-0.2, 0) is 22.7 Å². The van der Waals surface area contributed by atoms with Crippen LogP contribution in [0.3, 0.4) is 0 Å².